The molecule has 3 rings (SSSR count). The maximum atomic E-state index is 12.8. The minimum atomic E-state index is -0.324. The molecular weight excluding hydrogens is 311 g/mol. The predicted octanol–water partition coefficient (Wildman–Crippen LogP) is 1.89. The number of carbonyl (C=O) groups is 1. The summed E-state index contributed by atoms with van der Waals surface area (Å²) in [5.74, 6) is 0.113. The summed E-state index contributed by atoms with van der Waals surface area (Å²) in [6.45, 7) is 6.78. The quantitative estimate of drug-likeness (QED) is 0.929. The van der Waals surface area contributed by atoms with Crippen LogP contribution >= 0.6 is 0 Å². The molecule has 0 saturated carbocycles. The van der Waals surface area contributed by atoms with Crippen molar-refractivity contribution in [3.05, 3.63) is 41.5 Å². The summed E-state index contributed by atoms with van der Waals surface area (Å²) in [6, 6.07) is 5.67. The second kappa shape index (κ2) is 6.90. The highest BCUT2D eigenvalue weighted by Crippen LogP contribution is 2.23. The van der Waals surface area contributed by atoms with Gasteiger partial charge >= 0.3 is 0 Å². The molecule has 1 amide bonds. The van der Waals surface area contributed by atoms with Gasteiger partial charge in [0.15, 0.2) is 6.61 Å². The van der Waals surface area contributed by atoms with Crippen molar-refractivity contribution in [2.75, 3.05) is 37.7 Å². The van der Waals surface area contributed by atoms with Gasteiger partial charge < -0.3 is 14.5 Å². The number of amides is 1. The van der Waals surface area contributed by atoms with E-state index in [1.807, 2.05) is 13.8 Å². The van der Waals surface area contributed by atoms with Gasteiger partial charge in [-0.3, -0.25) is 9.89 Å². The molecule has 2 heterocycles. The Morgan fingerprint density at radius 3 is 2.46 bits per heavy atom. The number of aryl methyl sites for hydroxylation is 2. The average molecular weight is 332 g/mol. The molecule has 2 aromatic rings. The monoisotopic (exact) mass is 332 g/mol. The van der Waals surface area contributed by atoms with Crippen LogP contribution in [0, 0.1) is 19.7 Å². The maximum Gasteiger partial charge on any atom is 0.260 e. The molecule has 1 aromatic heterocycles. The van der Waals surface area contributed by atoms with Crippen LogP contribution in [-0.2, 0) is 4.79 Å². The van der Waals surface area contributed by atoms with Crippen LogP contribution in [0.5, 0.6) is 5.75 Å². The fourth-order valence-corrected chi connectivity index (χ4v) is 2.96. The molecule has 1 aliphatic heterocycles. The number of carbonyl (C=O) groups excluding carboxylic acids is 1. The van der Waals surface area contributed by atoms with Crippen LogP contribution in [0.2, 0.25) is 0 Å². The Bertz CT molecular complexity index is 686. The first-order chi connectivity index (χ1) is 11.5. The Hall–Kier alpha value is -2.57. The standard InChI is InChI=1S/C17H21FN4O2/c1-12-17(13(2)20-19-12)22-9-7-21(8-10-22)16(23)11-24-15-5-3-14(18)4-6-15/h3-6H,7-11H2,1-2H3,(H,19,20). The molecule has 1 fully saturated rings. The molecule has 1 aliphatic rings. The lowest BCUT2D eigenvalue weighted by Crippen LogP contribution is -2.50. The minimum Gasteiger partial charge on any atom is -0.484 e. The first-order valence-electron chi connectivity index (χ1n) is 7.97. The smallest absolute Gasteiger partial charge is 0.260 e. The van der Waals surface area contributed by atoms with Crippen molar-refractivity contribution < 1.29 is 13.9 Å². The molecule has 0 spiro atoms. The number of aromatic nitrogens is 2. The fourth-order valence-electron chi connectivity index (χ4n) is 2.96. The van der Waals surface area contributed by atoms with Gasteiger partial charge in [0.1, 0.15) is 11.6 Å². The predicted molar refractivity (Wildman–Crippen MR) is 88.7 cm³/mol. The SMILES string of the molecule is Cc1n[nH]c(C)c1N1CCN(C(=O)COc2ccc(F)cc2)CC1. The molecule has 1 N–H and O–H groups in total. The van der Waals surface area contributed by atoms with Crippen molar-refractivity contribution in [2.45, 2.75) is 13.8 Å². The zero-order valence-corrected chi connectivity index (χ0v) is 13.9. The molecule has 128 valence electrons. The molecule has 1 aromatic carbocycles. The normalized spacial score (nSPS) is 14.8. The first kappa shape index (κ1) is 16.3. The van der Waals surface area contributed by atoms with Gasteiger partial charge in [-0.1, -0.05) is 0 Å². The molecule has 0 unspecified atom stereocenters. The summed E-state index contributed by atoms with van der Waals surface area (Å²) in [5.41, 5.74) is 3.16. The highest BCUT2D eigenvalue weighted by Gasteiger charge is 2.24. The lowest BCUT2D eigenvalue weighted by molar-refractivity contribution is -0.133. The second-order valence-corrected chi connectivity index (χ2v) is 5.89. The number of aromatic amines is 1. The summed E-state index contributed by atoms with van der Waals surface area (Å²) >= 11 is 0. The highest BCUT2D eigenvalue weighted by atomic mass is 19.1. The van der Waals surface area contributed by atoms with Crippen LogP contribution in [0.1, 0.15) is 11.4 Å². The van der Waals surface area contributed by atoms with Gasteiger partial charge in [0.2, 0.25) is 0 Å². The number of H-pyrrole nitrogens is 1. The Balaban J connectivity index is 1.51. The summed E-state index contributed by atoms with van der Waals surface area (Å²) in [4.78, 5) is 16.3. The van der Waals surface area contributed by atoms with Crippen molar-refractivity contribution in [1.29, 1.82) is 0 Å². The third-order valence-corrected chi connectivity index (χ3v) is 4.21. The maximum absolute atomic E-state index is 12.8. The molecule has 7 heteroatoms. The van der Waals surface area contributed by atoms with E-state index in [0.29, 0.717) is 18.8 Å². The largest absolute Gasteiger partial charge is 0.484 e. The van der Waals surface area contributed by atoms with Gasteiger partial charge in [0, 0.05) is 26.2 Å². The van der Waals surface area contributed by atoms with Gasteiger partial charge in [0.25, 0.3) is 5.91 Å². The van der Waals surface area contributed by atoms with Crippen LogP contribution in [0.25, 0.3) is 0 Å². The number of benzene rings is 1. The Morgan fingerprint density at radius 1 is 1.21 bits per heavy atom. The summed E-state index contributed by atoms with van der Waals surface area (Å²) in [7, 11) is 0. The third kappa shape index (κ3) is 3.50. The van der Waals surface area contributed by atoms with Gasteiger partial charge in [-0.15, -0.1) is 0 Å². The summed E-state index contributed by atoms with van der Waals surface area (Å²) < 4.78 is 18.3. The summed E-state index contributed by atoms with van der Waals surface area (Å²) in [6.07, 6.45) is 0. The fraction of sp³-hybridized carbons (Fsp3) is 0.412. The van der Waals surface area contributed by atoms with E-state index >= 15 is 0 Å². The van der Waals surface area contributed by atoms with Crippen molar-refractivity contribution >= 4 is 11.6 Å². The van der Waals surface area contributed by atoms with E-state index in [2.05, 4.69) is 15.1 Å². The molecule has 24 heavy (non-hydrogen) atoms. The van der Waals surface area contributed by atoms with Gasteiger partial charge in [-0.05, 0) is 38.1 Å². The van der Waals surface area contributed by atoms with E-state index in [0.717, 1.165) is 30.2 Å². The van der Waals surface area contributed by atoms with E-state index in [-0.39, 0.29) is 18.3 Å². The molecule has 0 atom stereocenters. The van der Waals surface area contributed by atoms with E-state index < -0.39 is 0 Å². The minimum absolute atomic E-state index is 0.0323. The van der Waals surface area contributed by atoms with Crippen LogP contribution in [0.3, 0.4) is 0 Å². The molecule has 1 saturated heterocycles. The second-order valence-electron chi connectivity index (χ2n) is 5.89. The van der Waals surface area contributed by atoms with E-state index in [4.69, 9.17) is 4.74 Å². The number of anilines is 1. The number of hydrogen-bond donors (Lipinski definition) is 1. The first-order valence-corrected chi connectivity index (χ1v) is 7.97. The molecule has 0 radical (unpaired) electrons. The lowest BCUT2D eigenvalue weighted by Gasteiger charge is -2.36. The number of nitrogens with one attached hydrogen (secondary N) is 1. The van der Waals surface area contributed by atoms with Gasteiger partial charge in [-0.25, -0.2) is 4.39 Å². The zero-order valence-electron chi connectivity index (χ0n) is 13.9. The van der Waals surface area contributed by atoms with Crippen LogP contribution in [-0.4, -0.2) is 53.8 Å². The molecule has 0 aliphatic carbocycles. The van der Waals surface area contributed by atoms with Crippen LogP contribution in [0.4, 0.5) is 10.1 Å². The van der Waals surface area contributed by atoms with Crippen molar-refractivity contribution in [3.63, 3.8) is 0 Å². The number of nitrogens with zero attached hydrogens (tertiary/aromatic N) is 3. The molecular formula is C17H21FN4O2. The Morgan fingerprint density at radius 2 is 1.88 bits per heavy atom. The average Bonchev–Trinajstić information content (AvgIpc) is 2.93. The number of piperazine rings is 1. The van der Waals surface area contributed by atoms with Crippen LogP contribution < -0.4 is 9.64 Å². The van der Waals surface area contributed by atoms with Gasteiger partial charge in [-0.2, -0.15) is 5.10 Å². The van der Waals surface area contributed by atoms with E-state index in [9.17, 15) is 9.18 Å². The highest BCUT2D eigenvalue weighted by molar-refractivity contribution is 5.78. The molecule has 6 nitrogen and oxygen atoms in total. The van der Waals surface area contributed by atoms with E-state index in [1.165, 1.54) is 24.3 Å². The Kier molecular flexibility index (Phi) is 4.69. The van der Waals surface area contributed by atoms with Crippen molar-refractivity contribution in [1.82, 2.24) is 15.1 Å². The number of hydrogen-bond acceptors (Lipinski definition) is 4. The van der Waals surface area contributed by atoms with E-state index in [1.54, 1.807) is 4.90 Å². The van der Waals surface area contributed by atoms with Crippen LogP contribution in [0.15, 0.2) is 24.3 Å². The lowest BCUT2D eigenvalue weighted by atomic mass is 10.2. The number of ether oxygens (including phenoxy) is 1. The summed E-state index contributed by atoms with van der Waals surface area (Å²) in [5, 5.41) is 7.21. The zero-order chi connectivity index (χ0) is 17.1. The Labute approximate surface area is 140 Å². The number of rotatable bonds is 4. The molecule has 0 bridgehead atoms. The topological polar surface area (TPSA) is 61.5 Å². The third-order valence-electron chi connectivity index (χ3n) is 4.21. The number of halogens is 1. The van der Waals surface area contributed by atoms with Crippen molar-refractivity contribution in [3.8, 4) is 5.75 Å². The van der Waals surface area contributed by atoms with Crippen molar-refractivity contribution in [2.24, 2.45) is 0 Å². The van der Waals surface area contributed by atoms with Gasteiger partial charge in [0.05, 0.1) is 17.1 Å².